The van der Waals surface area contributed by atoms with Gasteiger partial charge < -0.3 is 5.73 Å². The van der Waals surface area contributed by atoms with Gasteiger partial charge in [-0.15, -0.1) is 11.3 Å². The highest BCUT2D eigenvalue weighted by atomic mass is 32.1. The van der Waals surface area contributed by atoms with Crippen molar-refractivity contribution in [2.24, 2.45) is 0 Å². The van der Waals surface area contributed by atoms with E-state index < -0.39 is 0 Å². The van der Waals surface area contributed by atoms with Crippen molar-refractivity contribution < 1.29 is 0 Å². The largest absolute Gasteiger partial charge is 0.383 e. The summed E-state index contributed by atoms with van der Waals surface area (Å²) in [5.41, 5.74) is 11.7. The van der Waals surface area contributed by atoms with Gasteiger partial charge in [-0.3, -0.25) is 9.38 Å². The third-order valence-corrected chi connectivity index (χ3v) is 4.90. The van der Waals surface area contributed by atoms with E-state index in [9.17, 15) is 0 Å². The molecule has 0 unspecified atom stereocenters. The van der Waals surface area contributed by atoms with E-state index in [4.69, 9.17) is 10.7 Å². The number of nitrogens with zero attached hydrogens (tertiary/aromatic N) is 3. The molecule has 0 bridgehead atoms. The minimum Gasteiger partial charge on any atom is -0.383 e. The second-order valence-corrected chi connectivity index (χ2v) is 6.76. The van der Waals surface area contributed by atoms with Gasteiger partial charge in [0.25, 0.3) is 0 Å². The van der Waals surface area contributed by atoms with Crippen molar-refractivity contribution in [3.63, 3.8) is 0 Å². The number of benzene rings is 1. The standard InChI is InChI=1S/C18H16N4S/c1-11-5-7-13(8-6-11)16-12(2)23-18-21-15(17(19)22(16)18)14-4-3-9-20-10-14/h3-10H,19H2,1-2H3. The topological polar surface area (TPSA) is 56.2 Å². The molecule has 0 spiro atoms. The lowest BCUT2D eigenvalue weighted by molar-refractivity contribution is 1.23. The Bertz CT molecular complexity index is 981. The van der Waals surface area contributed by atoms with Crippen molar-refractivity contribution in [2.45, 2.75) is 13.8 Å². The van der Waals surface area contributed by atoms with Gasteiger partial charge in [0.1, 0.15) is 11.5 Å². The minimum atomic E-state index is 0.660. The van der Waals surface area contributed by atoms with Crippen molar-refractivity contribution in [3.8, 4) is 22.5 Å². The lowest BCUT2D eigenvalue weighted by Gasteiger charge is -2.05. The Morgan fingerprint density at radius 3 is 2.52 bits per heavy atom. The van der Waals surface area contributed by atoms with Crippen molar-refractivity contribution in [3.05, 3.63) is 59.2 Å². The number of aryl methyl sites for hydroxylation is 2. The van der Waals surface area contributed by atoms with Crippen molar-refractivity contribution in [1.82, 2.24) is 14.4 Å². The van der Waals surface area contributed by atoms with E-state index in [0.29, 0.717) is 5.82 Å². The summed E-state index contributed by atoms with van der Waals surface area (Å²) in [4.78, 5) is 11.0. The Labute approximate surface area is 138 Å². The fraction of sp³-hybridized carbons (Fsp3) is 0.111. The van der Waals surface area contributed by atoms with E-state index in [1.807, 2.05) is 16.5 Å². The molecule has 0 fully saturated rings. The fourth-order valence-electron chi connectivity index (χ4n) is 2.80. The third-order valence-electron chi connectivity index (χ3n) is 3.94. The highest BCUT2D eigenvalue weighted by molar-refractivity contribution is 7.17. The maximum atomic E-state index is 6.43. The zero-order valence-electron chi connectivity index (χ0n) is 12.9. The molecule has 4 rings (SSSR count). The molecule has 3 heterocycles. The molecular weight excluding hydrogens is 304 g/mol. The molecule has 114 valence electrons. The van der Waals surface area contributed by atoms with Crippen LogP contribution in [0.1, 0.15) is 10.4 Å². The van der Waals surface area contributed by atoms with Gasteiger partial charge in [-0.2, -0.15) is 0 Å². The van der Waals surface area contributed by atoms with Crippen LogP contribution in [0, 0.1) is 13.8 Å². The molecule has 0 saturated heterocycles. The van der Waals surface area contributed by atoms with Gasteiger partial charge in [0.05, 0.1) is 5.69 Å². The smallest absolute Gasteiger partial charge is 0.196 e. The number of pyridine rings is 1. The van der Waals surface area contributed by atoms with Gasteiger partial charge in [-0.05, 0) is 31.5 Å². The van der Waals surface area contributed by atoms with Crippen molar-refractivity contribution in [2.75, 3.05) is 5.73 Å². The molecule has 0 amide bonds. The fourth-order valence-corrected chi connectivity index (χ4v) is 3.80. The van der Waals surface area contributed by atoms with Crippen LogP contribution in [-0.2, 0) is 0 Å². The third kappa shape index (κ3) is 2.21. The van der Waals surface area contributed by atoms with E-state index >= 15 is 0 Å². The summed E-state index contributed by atoms with van der Waals surface area (Å²) in [6, 6.07) is 12.4. The first kappa shape index (κ1) is 14.0. The van der Waals surface area contributed by atoms with Gasteiger partial charge in [0.2, 0.25) is 0 Å². The Hall–Kier alpha value is -2.66. The second kappa shape index (κ2) is 5.21. The molecule has 2 N–H and O–H groups in total. The zero-order valence-corrected chi connectivity index (χ0v) is 13.8. The number of imidazole rings is 1. The highest BCUT2D eigenvalue weighted by Gasteiger charge is 2.19. The molecule has 3 aromatic heterocycles. The lowest BCUT2D eigenvalue weighted by Crippen LogP contribution is -1.96. The van der Waals surface area contributed by atoms with Crippen LogP contribution in [0.4, 0.5) is 5.82 Å². The summed E-state index contributed by atoms with van der Waals surface area (Å²) in [5, 5.41) is 0. The Balaban J connectivity index is 1.97. The van der Waals surface area contributed by atoms with Crippen LogP contribution >= 0.6 is 11.3 Å². The monoisotopic (exact) mass is 320 g/mol. The van der Waals surface area contributed by atoms with E-state index in [1.165, 1.54) is 10.4 Å². The number of nitrogen functional groups attached to an aromatic ring is 1. The van der Waals surface area contributed by atoms with E-state index in [-0.39, 0.29) is 0 Å². The maximum Gasteiger partial charge on any atom is 0.196 e. The predicted octanol–water partition coefficient (Wildman–Crippen LogP) is 4.32. The summed E-state index contributed by atoms with van der Waals surface area (Å²) >= 11 is 1.66. The molecule has 4 nitrogen and oxygen atoms in total. The average molecular weight is 320 g/mol. The summed E-state index contributed by atoms with van der Waals surface area (Å²) in [6.07, 6.45) is 3.54. The molecule has 4 aromatic rings. The Morgan fingerprint density at radius 2 is 1.83 bits per heavy atom. The van der Waals surface area contributed by atoms with Crippen LogP contribution in [0.25, 0.3) is 27.5 Å². The number of hydrogen-bond acceptors (Lipinski definition) is 4. The first-order valence-electron chi connectivity index (χ1n) is 7.40. The summed E-state index contributed by atoms with van der Waals surface area (Å²) < 4.78 is 2.05. The molecule has 0 atom stereocenters. The number of rotatable bonds is 2. The molecule has 0 radical (unpaired) electrons. The van der Waals surface area contributed by atoms with Crippen LogP contribution in [0.3, 0.4) is 0 Å². The zero-order chi connectivity index (χ0) is 16.0. The molecule has 0 aliphatic heterocycles. The van der Waals surface area contributed by atoms with Crippen molar-refractivity contribution in [1.29, 1.82) is 0 Å². The first-order valence-corrected chi connectivity index (χ1v) is 8.21. The normalized spacial score (nSPS) is 11.2. The summed E-state index contributed by atoms with van der Waals surface area (Å²) in [5.74, 6) is 0.660. The molecule has 0 aliphatic carbocycles. The van der Waals surface area contributed by atoms with Crippen LogP contribution < -0.4 is 5.73 Å². The molecule has 5 heteroatoms. The molecule has 1 aromatic carbocycles. The van der Waals surface area contributed by atoms with E-state index in [2.05, 4.69) is 43.1 Å². The lowest BCUT2D eigenvalue weighted by atomic mass is 10.1. The van der Waals surface area contributed by atoms with Gasteiger partial charge in [0.15, 0.2) is 4.96 Å². The predicted molar refractivity (Wildman–Crippen MR) is 95.6 cm³/mol. The van der Waals surface area contributed by atoms with Crippen molar-refractivity contribution >= 4 is 22.1 Å². The number of fused-ring (bicyclic) bond motifs is 1. The summed E-state index contributed by atoms with van der Waals surface area (Å²) in [6.45, 7) is 4.20. The Morgan fingerprint density at radius 1 is 1.04 bits per heavy atom. The number of thiazole rings is 1. The average Bonchev–Trinajstić information content (AvgIpc) is 3.05. The second-order valence-electron chi connectivity index (χ2n) is 5.58. The van der Waals surface area contributed by atoms with Crippen LogP contribution in [0.2, 0.25) is 0 Å². The number of nitrogens with two attached hydrogens (primary N) is 1. The van der Waals surface area contributed by atoms with E-state index in [0.717, 1.165) is 27.5 Å². The van der Waals surface area contributed by atoms with Gasteiger partial charge in [0, 0.05) is 22.8 Å². The van der Waals surface area contributed by atoms with Gasteiger partial charge in [-0.1, -0.05) is 29.8 Å². The van der Waals surface area contributed by atoms with Crippen LogP contribution in [0.15, 0.2) is 48.8 Å². The molecule has 0 saturated carbocycles. The number of hydrogen-bond donors (Lipinski definition) is 1. The number of anilines is 1. The highest BCUT2D eigenvalue weighted by Crippen LogP contribution is 2.37. The van der Waals surface area contributed by atoms with Gasteiger partial charge >= 0.3 is 0 Å². The SMILES string of the molecule is Cc1ccc(-c2c(C)sc3nc(-c4cccnc4)c(N)n23)cc1. The van der Waals surface area contributed by atoms with Gasteiger partial charge in [-0.25, -0.2) is 4.98 Å². The number of aromatic nitrogens is 3. The van der Waals surface area contributed by atoms with E-state index in [1.54, 1.807) is 23.7 Å². The summed E-state index contributed by atoms with van der Waals surface area (Å²) in [7, 11) is 0. The molecule has 0 aliphatic rings. The minimum absolute atomic E-state index is 0.660. The molecule has 23 heavy (non-hydrogen) atoms. The first-order chi connectivity index (χ1) is 11.1. The Kier molecular flexibility index (Phi) is 3.16. The quantitative estimate of drug-likeness (QED) is 0.598. The molecular formula is C18H16N4S. The van der Waals surface area contributed by atoms with Crippen LogP contribution in [0.5, 0.6) is 0 Å². The van der Waals surface area contributed by atoms with Crippen LogP contribution in [-0.4, -0.2) is 14.4 Å². The maximum absolute atomic E-state index is 6.43.